The molecule has 4 aromatic rings. The first kappa shape index (κ1) is 22.6. The Morgan fingerprint density at radius 2 is 2.11 bits per heavy atom. The number of aromatic nitrogens is 3. The van der Waals surface area contributed by atoms with E-state index < -0.39 is 12.0 Å². The van der Waals surface area contributed by atoms with Crippen LogP contribution in [0.2, 0.25) is 0 Å². The number of aliphatic hydroxyl groups excluding tert-OH is 1. The second kappa shape index (κ2) is 8.90. The number of pyridine rings is 1. The average Bonchev–Trinajstić information content (AvgIpc) is 3.23. The van der Waals surface area contributed by atoms with Crippen molar-refractivity contribution >= 4 is 16.9 Å². The summed E-state index contributed by atoms with van der Waals surface area (Å²) in [5, 5.41) is 13.9. The number of nitrogens with two attached hydrogens (primary N) is 1. The highest BCUT2D eigenvalue weighted by Gasteiger charge is 2.38. The standard InChI is InChI=1S/C25H25N5O5/c1-25(28-12-16(31)13-34-20-4-2-3-19-22(20)30-24(33)29-19)10-14-5-7-17(9-18(14)25)35-21-8-6-15(11-27-21)23(26)32/h2-9,11,16,28,31H,10,12-13H2,1H3,(H2,26,32)(H2,29,30,33). The molecule has 0 radical (unpaired) electrons. The SMILES string of the molecule is CC1(NCC(O)COc2cccc3[nH]c(=O)[nH]c23)Cc2ccc(Oc3ccc(C(N)=O)cn3)cc21. The maximum atomic E-state index is 11.5. The summed E-state index contributed by atoms with van der Waals surface area (Å²) >= 11 is 0. The number of aliphatic hydroxyl groups is 1. The van der Waals surface area contributed by atoms with E-state index in [-0.39, 0.29) is 17.8 Å². The molecule has 2 atom stereocenters. The zero-order chi connectivity index (χ0) is 24.6. The molecule has 35 heavy (non-hydrogen) atoms. The van der Waals surface area contributed by atoms with Crippen molar-refractivity contribution in [1.29, 1.82) is 0 Å². The van der Waals surface area contributed by atoms with Gasteiger partial charge in [0.1, 0.15) is 29.7 Å². The molecule has 1 amide bonds. The number of ether oxygens (including phenoxy) is 2. The van der Waals surface area contributed by atoms with Crippen LogP contribution in [0.4, 0.5) is 0 Å². The number of nitrogens with zero attached hydrogens (tertiary/aromatic N) is 1. The molecule has 10 heteroatoms. The molecular weight excluding hydrogens is 450 g/mol. The fraction of sp³-hybridized carbons (Fsp3) is 0.240. The van der Waals surface area contributed by atoms with Crippen molar-refractivity contribution in [2.75, 3.05) is 13.2 Å². The van der Waals surface area contributed by atoms with Gasteiger partial charge in [0, 0.05) is 24.3 Å². The van der Waals surface area contributed by atoms with Gasteiger partial charge in [0.2, 0.25) is 11.8 Å². The summed E-state index contributed by atoms with van der Waals surface area (Å²) in [5.74, 6) is 0.930. The van der Waals surface area contributed by atoms with E-state index >= 15 is 0 Å². The molecule has 0 bridgehead atoms. The van der Waals surface area contributed by atoms with Crippen molar-refractivity contribution in [2.45, 2.75) is 25.0 Å². The Kier molecular flexibility index (Phi) is 5.75. The van der Waals surface area contributed by atoms with E-state index in [2.05, 4.69) is 27.2 Å². The molecule has 2 aromatic heterocycles. The minimum atomic E-state index is -0.760. The van der Waals surface area contributed by atoms with Crippen LogP contribution in [0.1, 0.15) is 28.4 Å². The minimum absolute atomic E-state index is 0.0678. The molecule has 6 N–H and O–H groups in total. The van der Waals surface area contributed by atoms with E-state index in [1.54, 1.807) is 30.3 Å². The highest BCUT2D eigenvalue weighted by atomic mass is 16.5. The fourth-order valence-electron chi connectivity index (χ4n) is 4.26. The van der Waals surface area contributed by atoms with Gasteiger partial charge in [-0.15, -0.1) is 0 Å². The van der Waals surface area contributed by atoms with Gasteiger partial charge < -0.3 is 35.6 Å². The first-order valence-corrected chi connectivity index (χ1v) is 11.1. The average molecular weight is 476 g/mol. The Morgan fingerprint density at radius 3 is 2.89 bits per heavy atom. The molecule has 2 heterocycles. The summed E-state index contributed by atoms with van der Waals surface area (Å²) in [6, 6.07) is 14.3. The van der Waals surface area contributed by atoms with E-state index in [1.165, 1.54) is 11.8 Å². The predicted octanol–water partition coefficient (Wildman–Crippen LogP) is 1.94. The lowest BCUT2D eigenvalue weighted by molar-refractivity contribution is 0.0956. The molecule has 2 unspecified atom stereocenters. The van der Waals surface area contributed by atoms with Crippen LogP contribution in [0.25, 0.3) is 11.0 Å². The normalized spacial score (nSPS) is 17.4. The van der Waals surface area contributed by atoms with Gasteiger partial charge in [-0.25, -0.2) is 9.78 Å². The number of primary amides is 1. The molecule has 1 aliphatic carbocycles. The number of nitrogens with one attached hydrogen (secondary N) is 3. The monoisotopic (exact) mass is 475 g/mol. The Labute approximate surface area is 200 Å². The molecule has 2 aromatic carbocycles. The molecule has 0 saturated heterocycles. The zero-order valence-electron chi connectivity index (χ0n) is 19.0. The molecule has 10 nitrogen and oxygen atoms in total. The smallest absolute Gasteiger partial charge is 0.323 e. The quantitative estimate of drug-likeness (QED) is 0.248. The lowest BCUT2D eigenvalue weighted by Crippen LogP contribution is -2.51. The summed E-state index contributed by atoms with van der Waals surface area (Å²) < 4.78 is 11.6. The van der Waals surface area contributed by atoms with Crippen molar-refractivity contribution in [3.63, 3.8) is 0 Å². The number of benzene rings is 2. The number of aromatic amines is 2. The molecule has 0 fully saturated rings. The maximum Gasteiger partial charge on any atom is 0.323 e. The summed E-state index contributed by atoms with van der Waals surface area (Å²) in [6.45, 7) is 2.45. The number of hydrogen-bond acceptors (Lipinski definition) is 7. The third kappa shape index (κ3) is 4.61. The van der Waals surface area contributed by atoms with Crippen LogP contribution in [-0.4, -0.2) is 45.2 Å². The molecule has 180 valence electrons. The first-order valence-electron chi connectivity index (χ1n) is 11.1. The van der Waals surface area contributed by atoms with Crippen LogP contribution < -0.4 is 26.2 Å². The minimum Gasteiger partial charge on any atom is -0.489 e. The number of amides is 1. The Bertz CT molecular complexity index is 1440. The molecule has 1 aliphatic rings. The Hall–Kier alpha value is -4.15. The molecule has 0 saturated carbocycles. The number of para-hydroxylation sites is 1. The van der Waals surface area contributed by atoms with E-state index in [4.69, 9.17) is 15.2 Å². The van der Waals surface area contributed by atoms with Crippen molar-refractivity contribution in [3.8, 4) is 17.4 Å². The number of fused-ring (bicyclic) bond motifs is 2. The van der Waals surface area contributed by atoms with Crippen LogP contribution in [0.15, 0.2) is 59.5 Å². The lowest BCUT2D eigenvalue weighted by atomic mass is 9.71. The zero-order valence-corrected chi connectivity index (χ0v) is 19.0. The fourth-order valence-corrected chi connectivity index (χ4v) is 4.26. The highest BCUT2D eigenvalue weighted by molar-refractivity contribution is 5.92. The molecule has 0 aliphatic heterocycles. The first-order chi connectivity index (χ1) is 16.8. The van der Waals surface area contributed by atoms with Gasteiger partial charge in [-0.05, 0) is 54.8 Å². The second-order valence-electron chi connectivity index (χ2n) is 8.78. The van der Waals surface area contributed by atoms with Gasteiger partial charge in [-0.1, -0.05) is 12.1 Å². The summed E-state index contributed by atoms with van der Waals surface area (Å²) in [5.41, 5.74) is 8.41. The van der Waals surface area contributed by atoms with E-state index in [9.17, 15) is 14.7 Å². The third-order valence-electron chi connectivity index (χ3n) is 6.14. The number of hydrogen-bond donors (Lipinski definition) is 5. The van der Waals surface area contributed by atoms with Crippen LogP contribution in [0, 0.1) is 0 Å². The van der Waals surface area contributed by atoms with Crippen LogP contribution in [0.5, 0.6) is 17.4 Å². The largest absolute Gasteiger partial charge is 0.489 e. The number of carbonyl (C=O) groups is 1. The maximum absolute atomic E-state index is 11.5. The number of imidazole rings is 1. The third-order valence-corrected chi connectivity index (χ3v) is 6.14. The number of H-pyrrole nitrogens is 2. The number of rotatable bonds is 9. The molecule has 5 rings (SSSR count). The van der Waals surface area contributed by atoms with Gasteiger partial charge in [0.05, 0.1) is 11.1 Å². The van der Waals surface area contributed by atoms with E-state index in [1.807, 2.05) is 18.2 Å². The van der Waals surface area contributed by atoms with Crippen molar-refractivity contribution < 1.29 is 19.4 Å². The summed E-state index contributed by atoms with van der Waals surface area (Å²) in [7, 11) is 0. The van der Waals surface area contributed by atoms with Gasteiger partial charge in [0.15, 0.2) is 0 Å². The molecule has 0 spiro atoms. The second-order valence-corrected chi connectivity index (χ2v) is 8.78. The van der Waals surface area contributed by atoms with Gasteiger partial charge >= 0.3 is 5.69 Å². The van der Waals surface area contributed by atoms with E-state index in [0.717, 1.165) is 12.0 Å². The van der Waals surface area contributed by atoms with Crippen molar-refractivity contribution in [2.24, 2.45) is 5.73 Å². The summed E-state index contributed by atoms with van der Waals surface area (Å²) in [6.07, 6.45) is 1.43. The topological polar surface area (TPSA) is 155 Å². The van der Waals surface area contributed by atoms with Gasteiger partial charge in [0.25, 0.3) is 0 Å². The van der Waals surface area contributed by atoms with Gasteiger partial charge in [-0.2, -0.15) is 0 Å². The van der Waals surface area contributed by atoms with Crippen molar-refractivity contribution in [3.05, 3.63) is 81.9 Å². The Morgan fingerprint density at radius 1 is 1.26 bits per heavy atom. The predicted molar refractivity (Wildman–Crippen MR) is 129 cm³/mol. The summed E-state index contributed by atoms with van der Waals surface area (Å²) in [4.78, 5) is 32.2. The van der Waals surface area contributed by atoms with Crippen LogP contribution in [0.3, 0.4) is 0 Å². The van der Waals surface area contributed by atoms with E-state index in [0.29, 0.717) is 40.5 Å². The highest BCUT2D eigenvalue weighted by Crippen LogP contribution is 2.41. The lowest BCUT2D eigenvalue weighted by Gasteiger charge is -2.42. The van der Waals surface area contributed by atoms with Crippen molar-refractivity contribution in [1.82, 2.24) is 20.3 Å². The Balaban J connectivity index is 1.19. The van der Waals surface area contributed by atoms with Gasteiger partial charge in [-0.3, -0.25) is 4.79 Å². The number of carbonyl (C=O) groups excluding carboxylic acids is 1. The molecular formula is C25H25N5O5. The van der Waals surface area contributed by atoms with Crippen LogP contribution in [-0.2, 0) is 12.0 Å². The van der Waals surface area contributed by atoms with Crippen LogP contribution >= 0.6 is 0 Å².